The number of halogens is 2. The molecule has 19 heavy (non-hydrogen) atoms. The lowest BCUT2D eigenvalue weighted by atomic mass is 10.0. The van der Waals surface area contributed by atoms with Crippen LogP contribution < -0.4 is 0 Å². The van der Waals surface area contributed by atoms with E-state index in [9.17, 15) is 14.0 Å². The van der Waals surface area contributed by atoms with Crippen LogP contribution in [0.25, 0.3) is 0 Å². The number of alkyl halides is 2. The second-order valence-electron chi connectivity index (χ2n) is 4.71. The van der Waals surface area contributed by atoms with E-state index in [2.05, 4.69) is 16.0 Å². The molecule has 1 aromatic heterocycles. The molecule has 1 atom stereocenters. The summed E-state index contributed by atoms with van der Waals surface area (Å²) in [4.78, 5) is 10.1. The zero-order chi connectivity index (χ0) is 13.9. The molecule has 1 aliphatic rings. The van der Waals surface area contributed by atoms with Crippen LogP contribution in [0.15, 0.2) is 12.4 Å². The van der Waals surface area contributed by atoms with Gasteiger partial charge in [-0.2, -0.15) is 5.26 Å². The van der Waals surface area contributed by atoms with Crippen LogP contribution in [-0.2, 0) is 6.42 Å². The van der Waals surface area contributed by atoms with Crippen LogP contribution in [0, 0.1) is 11.3 Å². The molecule has 1 unspecified atom stereocenters. The number of aromatic nitrogens is 2. The summed E-state index contributed by atoms with van der Waals surface area (Å²) in [6.45, 7) is 2.39. The zero-order valence-corrected chi connectivity index (χ0v) is 10.8. The largest absolute Gasteiger partial charge is 0.284 e. The van der Waals surface area contributed by atoms with Crippen molar-refractivity contribution >= 4 is 0 Å². The fraction of sp³-hybridized carbons (Fsp3) is 0.615. The fourth-order valence-corrected chi connectivity index (χ4v) is 2.16. The first-order chi connectivity index (χ1) is 9.05. The van der Waals surface area contributed by atoms with Crippen molar-refractivity contribution in [1.82, 2.24) is 14.9 Å². The van der Waals surface area contributed by atoms with E-state index in [-0.39, 0.29) is 25.9 Å². The molecule has 1 saturated heterocycles. The molecule has 4 nitrogen and oxygen atoms in total. The van der Waals surface area contributed by atoms with Gasteiger partial charge in [0.2, 0.25) is 0 Å². The molecule has 2 heterocycles. The molecular formula is C13H16F2N4. The predicted molar refractivity (Wildman–Crippen MR) is 65.5 cm³/mol. The number of rotatable bonds is 3. The SMILES string of the molecule is CCc1ncc(C(C#N)N2CCC(F)(F)CC2)cn1. The van der Waals surface area contributed by atoms with E-state index in [4.69, 9.17) is 0 Å². The number of hydrogen-bond donors (Lipinski definition) is 0. The highest BCUT2D eigenvalue weighted by Crippen LogP contribution is 2.31. The number of nitrogens with zero attached hydrogens (tertiary/aromatic N) is 4. The van der Waals surface area contributed by atoms with E-state index in [1.807, 2.05) is 6.92 Å². The molecule has 1 aromatic rings. The van der Waals surface area contributed by atoms with E-state index in [0.29, 0.717) is 11.4 Å². The maximum Gasteiger partial charge on any atom is 0.250 e. The Kier molecular flexibility index (Phi) is 4.05. The number of likely N-dealkylation sites (tertiary alicyclic amines) is 1. The molecular weight excluding hydrogens is 250 g/mol. The Morgan fingerprint density at radius 3 is 2.42 bits per heavy atom. The molecule has 0 bridgehead atoms. The summed E-state index contributed by atoms with van der Waals surface area (Å²) in [5, 5.41) is 9.25. The normalized spacial score (nSPS) is 20.7. The monoisotopic (exact) mass is 266 g/mol. The molecule has 1 fully saturated rings. The third kappa shape index (κ3) is 3.24. The van der Waals surface area contributed by atoms with Crippen LogP contribution in [-0.4, -0.2) is 33.9 Å². The Morgan fingerprint density at radius 2 is 1.95 bits per heavy atom. The number of hydrogen-bond acceptors (Lipinski definition) is 4. The van der Waals surface area contributed by atoms with Gasteiger partial charge in [-0.05, 0) is 0 Å². The topological polar surface area (TPSA) is 52.8 Å². The fourth-order valence-electron chi connectivity index (χ4n) is 2.16. The first-order valence-electron chi connectivity index (χ1n) is 6.38. The molecule has 2 rings (SSSR count). The summed E-state index contributed by atoms with van der Waals surface area (Å²) in [6.07, 6.45) is 3.57. The smallest absolute Gasteiger partial charge is 0.250 e. The second-order valence-corrected chi connectivity index (χ2v) is 4.71. The molecule has 0 radical (unpaired) electrons. The van der Waals surface area contributed by atoms with Crippen molar-refractivity contribution in [3.63, 3.8) is 0 Å². The summed E-state index contributed by atoms with van der Waals surface area (Å²) < 4.78 is 26.2. The first kappa shape index (κ1) is 13.8. The minimum Gasteiger partial charge on any atom is -0.284 e. The van der Waals surface area contributed by atoms with Crippen molar-refractivity contribution in [3.8, 4) is 6.07 Å². The molecule has 0 N–H and O–H groups in total. The van der Waals surface area contributed by atoms with Gasteiger partial charge in [0.15, 0.2) is 0 Å². The Labute approximate surface area is 111 Å². The van der Waals surface area contributed by atoms with Gasteiger partial charge in [0, 0.05) is 50.3 Å². The van der Waals surface area contributed by atoms with Crippen molar-refractivity contribution in [2.75, 3.05) is 13.1 Å². The highest BCUT2D eigenvalue weighted by molar-refractivity contribution is 5.18. The van der Waals surface area contributed by atoms with Gasteiger partial charge in [-0.15, -0.1) is 0 Å². The third-order valence-corrected chi connectivity index (χ3v) is 3.37. The molecule has 0 saturated carbocycles. The van der Waals surface area contributed by atoms with E-state index in [1.165, 1.54) is 0 Å². The summed E-state index contributed by atoms with van der Waals surface area (Å²) in [7, 11) is 0. The minimum absolute atomic E-state index is 0.195. The van der Waals surface area contributed by atoms with Crippen LogP contribution in [0.1, 0.15) is 37.2 Å². The summed E-state index contributed by atoms with van der Waals surface area (Å²) in [5.74, 6) is -1.88. The van der Waals surface area contributed by atoms with Crippen molar-refractivity contribution in [1.29, 1.82) is 5.26 Å². The maximum atomic E-state index is 13.1. The Morgan fingerprint density at radius 1 is 1.37 bits per heavy atom. The van der Waals surface area contributed by atoms with Crippen molar-refractivity contribution in [3.05, 3.63) is 23.8 Å². The predicted octanol–water partition coefficient (Wildman–Crippen LogP) is 2.33. The van der Waals surface area contributed by atoms with Crippen LogP contribution in [0.5, 0.6) is 0 Å². The van der Waals surface area contributed by atoms with Crippen LogP contribution >= 0.6 is 0 Å². The third-order valence-electron chi connectivity index (χ3n) is 3.37. The number of nitriles is 1. The van der Waals surface area contributed by atoms with Gasteiger partial charge in [-0.1, -0.05) is 6.92 Å². The van der Waals surface area contributed by atoms with Crippen molar-refractivity contribution in [2.45, 2.75) is 38.2 Å². The quantitative estimate of drug-likeness (QED) is 0.842. The Balaban J connectivity index is 2.10. The van der Waals surface area contributed by atoms with Crippen LogP contribution in [0.4, 0.5) is 8.78 Å². The van der Waals surface area contributed by atoms with Gasteiger partial charge in [0.25, 0.3) is 5.92 Å². The van der Waals surface area contributed by atoms with Gasteiger partial charge in [0.1, 0.15) is 11.9 Å². The lowest BCUT2D eigenvalue weighted by molar-refractivity contribution is -0.0595. The lowest BCUT2D eigenvalue weighted by Crippen LogP contribution is -2.41. The average molecular weight is 266 g/mol. The molecule has 0 aliphatic carbocycles. The van der Waals surface area contributed by atoms with Gasteiger partial charge in [-0.25, -0.2) is 18.7 Å². The van der Waals surface area contributed by atoms with Gasteiger partial charge >= 0.3 is 0 Å². The van der Waals surface area contributed by atoms with Crippen molar-refractivity contribution < 1.29 is 8.78 Å². The first-order valence-corrected chi connectivity index (χ1v) is 6.38. The number of aryl methyl sites for hydroxylation is 1. The van der Waals surface area contributed by atoms with Gasteiger partial charge < -0.3 is 0 Å². The molecule has 0 aromatic carbocycles. The van der Waals surface area contributed by atoms with Gasteiger partial charge in [0.05, 0.1) is 6.07 Å². The van der Waals surface area contributed by atoms with Crippen molar-refractivity contribution in [2.24, 2.45) is 0 Å². The standard InChI is InChI=1S/C13H16F2N4/c1-2-12-17-8-10(9-18-12)11(7-16)19-5-3-13(14,15)4-6-19/h8-9,11H,2-6H2,1H3. The van der Waals surface area contributed by atoms with Gasteiger partial charge in [-0.3, -0.25) is 4.90 Å². The highest BCUT2D eigenvalue weighted by atomic mass is 19.3. The average Bonchev–Trinajstić information content (AvgIpc) is 2.42. The van der Waals surface area contributed by atoms with E-state index in [1.54, 1.807) is 17.3 Å². The lowest BCUT2D eigenvalue weighted by Gasteiger charge is -2.34. The van der Waals surface area contributed by atoms with E-state index in [0.717, 1.165) is 6.42 Å². The van der Waals surface area contributed by atoms with E-state index < -0.39 is 12.0 Å². The minimum atomic E-state index is -2.60. The van der Waals surface area contributed by atoms with E-state index >= 15 is 0 Å². The second kappa shape index (κ2) is 5.57. The Bertz CT molecular complexity index is 457. The molecule has 1 aliphatic heterocycles. The highest BCUT2D eigenvalue weighted by Gasteiger charge is 2.36. The molecule has 0 spiro atoms. The zero-order valence-electron chi connectivity index (χ0n) is 10.8. The van der Waals surface area contributed by atoms with Crippen LogP contribution in [0.3, 0.4) is 0 Å². The summed E-state index contributed by atoms with van der Waals surface area (Å²) >= 11 is 0. The summed E-state index contributed by atoms with van der Waals surface area (Å²) in [6, 6.07) is 1.61. The maximum absolute atomic E-state index is 13.1. The molecule has 102 valence electrons. The molecule has 6 heteroatoms. The Hall–Kier alpha value is -1.61. The van der Waals surface area contributed by atoms with Crippen LogP contribution in [0.2, 0.25) is 0 Å². The molecule has 0 amide bonds. The summed E-state index contributed by atoms with van der Waals surface area (Å²) in [5.41, 5.74) is 0.671. The number of piperidine rings is 1.